The summed E-state index contributed by atoms with van der Waals surface area (Å²) in [5.41, 5.74) is 1.62. The number of allylic oxidation sites excluding steroid dienone is 2. The molecule has 8 heteroatoms. The van der Waals surface area contributed by atoms with Crippen LogP contribution in [0, 0.1) is 0 Å². The Morgan fingerprint density at radius 3 is 2.00 bits per heavy atom. The standard InChI is InChI=1S/C13H17NO6.Na/c1-4-19-12(17)9-5-10(8(3)14-7(9)2)13(18)20-6-11(15)16;/h14H,4-6H2,1-3H3,(H,15,16);/q;+1/p-1. The van der Waals surface area contributed by atoms with Crippen LogP contribution < -0.4 is 40.0 Å². The zero-order valence-electron chi connectivity index (χ0n) is 12.6. The van der Waals surface area contributed by atoms with Gasteiger partial charge >= 0.3 is 41.5 Å². The summed E-state index contributed by atoms with van der Waals surface area (Å²) in [7, 11) is 0. The number of hydrogen-bond acceptors (Lipinski definition) is 7. The molecule has 0 unspecified atom stereocenters. The van der Waals surface area contributed by atoms with E-state index in [1.165, 1.54) is 0 Å². The summed E-state index contributed by atoms with van der Waals surface area (Å²) in [5, 5.41) is 13.2. The molecule has 21 heavy (non-hydrogen) atoms. The molecule has 0 fully saturated rings. The number of carboxylic acid groups (broad SMARTS) is 1. The fourth-order valence-corrected chi connectivity index (χ4v) is 1.75. The normalized spacial score (nSPS) is 14.0. The molecule has 1 heterocycles. The number of ether oxygens (including phenoxy) is 2. The first-order chi connectivity index (χ1) is 9.36. The smallest absolute Gasteiger partial charge is 0.546 e. The van der Waals surface area contributed by atoms with Crippen molar-refractivity contribution in [2.24, 2.45) is 0 Å². The minimum Gasteiger partial charge on any atom is -0.546 e. The predicted molar refractivity (Wildman–Crippen MR) is 65.8 cm³/mol. The zero-order valence-corrected chi connectivity index (χ0v) is 14.6. The number of esters is 2. The molecule has 0 aromatic heterocycles. The van der Waals surface area contributed by atoms with Gasteiger partial charge in [0.1, 0.15) is 6.61 Å². The maximum atomic E-state index is 11.8. The van der Waals surface area contributed by atoms with Gasteiger partial charge in [0.2, 0.25) is 0 Å². The van der Waals surface area contributed by atoms with Crippen LogP contribution >= 0.6 is 0 Å². The van der Waals surface area contributed by atoms with Gasteiger partial charge in [0.25, 0.3) is 0 Å². The number of carboxylic acids is 1. The molecule has 0 atom stereocenters. The fourth-order valence-electron chi connectivity index (χ4n) is 1.75. The molecule has 0 amide bonds. The summed E-state index contributed by atoms with van der Waals surface area (Å²) in [5.74, 6) is -2.80. The first kappa shape index (κ1) is 19.7. The topological polar surface area (TPSA) is 105 Å². The van der Waals surface area contributed by atoms with Crippen LogP contribution in [0.15, 0.2) is 22.5 Å². The summed E-state index contributed by atoms with van der Waals surface area (Å²) in [6.07, 6.45) is 0.0371. The minimum absolute atomic E-state index is 0. The van der Waals surface area contributed by atoms with E-state index in [2.05, 4.69) is 10.1 Å². The van der Waals surface area contributed by atoms with Gasteiger partial charge < -0.3 is 24.7 Å². The van der Waals surface area contributed by atoms with Gasteiger partial charge in [-0.05, 0) is 20.8 Å². The molecule has 0 aromatic carbocycles. The van der Waals surface area contributed by atoms with Gasteiger partial charge in [0.05, 0.1) is 23.7 Å². The Morgan fingerprint density at radius 1 is 1.10 bits per heavy atom. The maximum absolute atomic E-state index is 11.8. The van der Waals surface area contributed by atoms with Gasteiger partial charge in [-0.1, -0.05) is 0 Å². The molecular weight excluding hydrogens is 289 g/mol. The maximum Gasteiger partial charge on any atom is 1.00 e. The van der Waals surface area contributed by atoms with Crippen LogP contribution in [0.3, 0.4) is 0 Å². The van der Waals surface area contributed by atoms with Crippen molar-refractivity contribution < 1.29 is 58.5 Å². The second-order valence-corrected chi connectivity index (χ2v) is 4.18. The molecule has 1 aliphatic heterocycles. The van der Waals surface area contributed by atoms with Crippen molar-refractivity contribution >= 4 is 17.9 Å². The van der Waals surface area contributed by atoms with Crippen molar-refractivity contribution in [2.75, 3.05) is 13.2 Å². The molecule has 1 rings (SSSR count). The Labute approximate surface area is 144 Å². The number of aliphatic carboxylic acids is 1. The molecule has 0 radical (unpaired) electrons. The molecule has 1 N–H and O–H groups in total. The van der Waals surface area contributed by atoms with Crippen LogP contribution in [0.4, 0.5) is 0 Å². The average molecular weight is 305 g/mol. The molecule has 7 nitrogen and oxygen atoms in total. The molecule has 0 saturated heterocycles. The summed E-state index contributed by atoms with van der Waals surface area (Å²) >= 11 is 0. The second kappa shape index (κ2) is 8.86. The van der Waals surface area contributed by atoms with E-state index >= 15 is 0 Å². The van der Waals surface area contributed by atoms with E-state index in [0.29, 0.717) is 17.0 Å². The number of hydrogen-bond donors (Lipinski definition) is 1. The van der Waals surface area contributed by atoms with Crippen molar-refractivity contribution in [1.29, 1.82) is 0 Å². The molecule has 0 spiro atoms. The summed E-state index contributed by atoms with van der Waals surface area (Å²) in [4.78, 5) is 33.8. The third-order valence-electron chi connectivity index (χ3n) is 2.72. The Morgan fingerprint density at radius 2 is 1.57 bits per heavy atom. The van der Waals surface area contributed by atoms with Crippen molar-refractivity contribution in [3.63, 3.8) is 0 Å². The van der Waals surface area contributed by atoms with Gasteiger partial charge in [-0.3, -0.25) is 0 Å². The first-order valence-corrected chi connectivity index (χ1v) is 6.07. The Bertz CT molecular complexity index is 509. The van der Waals surface area contributed by atoms with Crippen molar-refractivity contribution in [3.05, 3.63) is 22.5 Å². The molecule has 1 aliphatic rings. The number of carbonyl (C=O) groups is 3. The van der Waals surface area contributed by atoms with Crippen molar-refractivity contribution in [1.82, 2.24) is 5.32 Å². The van der Waals surface area contributed by atoms with Gasteiger partial charge in [0, 0.05) is 17.8 Å². The quantitative estimate of drug-likeness (QED) is 0.413. The van der Waals surface area contributed by atoms with Crippen LogP contribution in [0.5, 0.6) is 0 Å². The summed E-state index contributed by atoms with van der Waals surface area (Å²) < 4.78 is 9.46. The van der Waals surface area contributed by atoms with E-state index in [0.717, 1.165) is 0 Å². The minimum atomic E-state index is -1.49. The van der Waals surface area contributed by atoms with Crippen LogP contribution in [0.25, 0.3) is 0 Å². The van der Waals surface area contributed by atoms with Crippen molar-refractivity contribution in [3.8, 4) is 0 Å². The van der Waals surface area contributed by atoms with E-state index < -0.39 is 24.5 Å². The number of dihydropyridines is 1. The van der Waals surface area contributed by atoms with Crippen LogP contribution in [-0.2, 0) is 23.9 Å². The summed E-state index contributed by atoms with van der Waals surface area (Å²) in [6, 6.07) is 0. The van der Waals surface area contributed by atoms with Gasteiger partial charge in [-0.25, -0.2) is 9.59 Å². The van der Waals surface area contributed by atoms with Crippen LogP contribution in [-0.4, -0.2) is 31.1 Å². The SMILES string of the molecule is CCOC(=O)C1=C(C)NC(C)=C(C(=O)OCC(=O)[O-])C1.[Na+]. The number of carbonyl (C=O) groups excluding carboxylic acids is 3. The third kappa shape index (κ3) is 5.53. The molecular formula is C13H16NNaO6. The summed E-state index contributed by atoms with van der Waals surface area (Å²) in [6.45, 7) is 4.41. The van der Waals surface area contributed by atoms with E-state index in [-0.39, 0.29) is 48.2 Å². The molecule has 0 aliphatic carbocycles. The Kier molecular flexibility index (Phi) is 8.31. The van der Waals surface area contributed by atoms with Crippen LogP contribution in [0.1, 0.15) is 27.2 Å². The molecule has 0 bridgehead atoms. The molecule has 0 aromatic rings. The van der Waals surface area contributed by atoms with Crippen molar-refractivity contribution in [2.45, 2.75) is 27.2 Å². The molecule has 110 valence electrons. The monoisotopic (exact) mass is 305 g/mol. The Hall–Kier alpha value is -1.31. The van der Waals surface area contributed by atoms with E-state index in [1.54, 1.807) is 20.8 Å². The average Bonchev–Trinajstić information content (AvgIpc) is 2.36. The second-order valence-electron chi connectivity index (χ2n) is 4.18. The first-order valence-electron chi connectivity index (χ1n) is 6.07. The van der Waals surface area contributed by atoms with E-state index in [1.807, 2.05) is 0 Å². The Balaban J connectivity index is 0.00000400. The molecule has 0 saturated carbocycles. The van der Waals surface area contributed by atoms with Crippen LogP contribution in [0.2, 0.25) is 0 Å². The largest absolute Gasteiger partial charge is 1.00 e. The zero-order chi connectivity index (χ0) is 15.3. The predicted octanol–water partition coefficient (Wildman–Crippen LogP) is -3.61. The third-order valence-corrected chi connectivity index (χ3v) is 2.72. The van der Waals surface area contributed by atoms with E-state index in [4.69, 9.17) is 4.74 Å². The number of rotatable bonds is 5. The van der Waals surface area contributed by atoms with Gasteiger partial charge in [-0.15, -0.1) is 0 Å². The van der Waals surface area contributed by atoms with E-state index in [9.17, 15) is 19.5 Å². The van der Waals surface area contributed by atoms with Gasteiger partial charge in [-0.2, -0.15) is 0 Å². The van der Waals surface area contributed by atoms with Gasteiger partial charge in [0.15, 0.2) is 0 Å². The fraction of sp³-hybridized carbons (Fsp3) is 0.462. The number of nitrogens with one attached hydrogen (secondary N) is 1.